The second-order valence-corrected chi connectivity index (χ2v) is 8.32. The van der Waals surface area contributed by atoms with Crippen molar-refractivity contribution >= 4 is 7.52 Å². The number of unbranched alkanes of at least 4 members (excludes halogenated alkanes) is 4. The number of nitrogens with zero attached hydrogens (tertiary/aromatic N) is 1. The molecule has 122 valence electrons. The van der Waals surface area contributed by atoms with Crippen molar-refractivity contribution in [1.29, 1.82) is 0 Å². The van der Waals surface area contributed by atoms with Crippen LogP contribution in [0.1, 0.15) is 57.6 Å². The van der Waals surface area contributed by atoms with Gasteiger partial charge in [0.25, 0.3) is 7.52 Å². The standard InChI is InChI=1S/C18H28NO2P/c1-4-5-6-7-8-12-15-22(20)19(3)16(2)18(21-22)17-13-10-9-11-14-17/h9-16,18H,4-8H2,1-3H3/b15-12+/t16-,18-,22-/m0/s1. The van der Waals surface area contributed by atoms with Crippen molar-refractivity contribution in [2.45, 2.75) is 58.1 Å². The summed E-state index contributed by atoms with van der Waals surface area (Å²) in [6.07, 6.45) is 7.80. The van der Waals surface area contributed by atoms with Crippen molar-refractivity contribution in [3.63, 3.8) is 0 Å². The fourth-order valence-electron chi connectivity index (χ4n) is 2.79. The zero-order valence-electron chi connectivity index (χ0n) is 13.9. The lowest BCUT2D eigenvalue weighted by atomic mass is 10.0. The van der Waals surface area contributed by atoms with Gasteiger partial charge in [0.1, 0.15) is 6.10 Å². The molecule has 1 heterocycles. The second kappa shape index (κ2) is 8.10. The van der Waals surface area contributed by atoms with Crippen LogP contribution >= 0.6 is 7.52 Å². The first-order valence-corrected chi connectivity index (χ1v) is 9.97. The first-order valence-electron chi connectivity index (χ1n) is 8.32. The first-order chi connectivity index (χ1) is 10.6. The monoisotopic (exact) mass is 321 g/mol. The number of hydrogen-bond donors (Lipinski definition) is 0. The van der Waals surface area contributed by atoms with Crippen LogP contribution in [0, 0.1) is 0 Å². The molecule has 1 aromatic carbocycles. The van der Waals surface area contributed by atoms with E-state index in [1.54, 1.807) is 5.82 Å². The summed E-state index contributed by atoms with van der Waals surface area (Å²) < 4.78 is 20.9. The summed E-state index contributed by atoms with van der Waals surface area (Å²) in [5.41, 5.74) is 1.09. The summed E-state index contributed by atoms with van der Waals surface area (Å²) in [6, 6.07) is 10.2. The first kappa shape index (κ1) is 17.5. The van der Waals surface area contributed by atoms with E-state index in [1.807, 2.05) is 48.1 Å². The summed E-state index contributed by atoms with van der Waals surface area (Å²) in [4.78, 5) is 0. The summed E-state index contributed by atoms with van der Waals surface area (Å²) in [5.74, 6) is 1.80. The van der Waals surface area contributed by atoms with Crippen molar-refractivity contribution in [3.05, 3.63) is 47.8 Å². The lowest BCUT2D eigenvalue weighted by Crippen LogP contribution is -2.22. The molecular weight excluding hydrogens is 293 g/mol. The topological polar surface area (TPSA) is 29.5 Å². The van der Waals surface area contributed by atoms with E-state index < -0.39 is 7.52 Å². The molecule has 0 radical (unpaired) electrons. The lowest BCUT2D eigenvalue weighted by Gasteiger charge is -2.18. The zero-order valence-corrected chi connectivity index (χ0v) is 14.8. The van der Waals surface area contributed by atoms with Gasteiger partial charge in [-0.15, -0.1) is 0 Å². The number of hydrogen-bond acceptors (Lipinski definition) is 2. The minimum absolute atomic E-state index is 0.109. The smallest absolute Gasteiger partial charge is 0.295 e. The third-order valence-corrected chi connectivity index (χ3v) is 6.74. The molecule has 0 spiro atoms. The molecule has 4 heteroatoms. The highest BCUT2D eigenvalue weighted by molar-refractivity contribution is 7.60. The van der Waals surface area contributed by atoms with Crippen LogP contribution in [0.25, 0.3) is 0 Å². The largest absolute Gasteiger partial charge is 0.305 e. The maximum atomic E-state index is 13.0. The Balaban J connectivity index is 1.99. The highest BCUT2D eigenvalue weighted by Gasteiger charge is 2.44. The average molecular weight is 321 g/mol. The Hall–Kier alpha value is -0.890. The van der Waals surface area contributed by atoms with Gasteiger partial charge in [-0.05, 0) is 32.4 Å². The van der Waals surface area contributed by atoms with Crippen LogP contribution in [0.2, 0.25) is 0 Å². The Morgan fingerprint density at radius 1 is 1.23 bits per heavy atom. The molecule has 0 saturated carbocycles. The molecule has 0 amide bonds. The highest BCUT2D eigenvalue weighted by atomic mass is 31.2. The summed E-state index contributed by atoms with van der Waals surface area (Å²) >= 11 is 0. The second-order valence-electron chi connectivity index (χ2n) is 6.05. The van der Waals surface area contributed by atoms with Crippen molar-refractivity contribution < 1.29 is 9.09 Å². The fraction of sp³-hybridized carbons (Fsp3) is 0.556. The Morgan fingerprint density at radius 3 is 2.64 bits per heavy atom. The fourth-order valence-corrected chi connectivity index (χ4v) is 4.89. The van der Waals surface area contributed by atoms with Crippen LogP contribution in [0.15, 0.2) is 42.2 Å². The number of rotatable bonds is 7. The van der Waals surface area contributed by atoms with E-state index >= 15 is 0 Å². The van der Waals surface area contributed by atoms with E-state index in [2.05, 4.69) is 13.8 Å². The van der Waals surface area contributed by atoms with E-state index in [0.29, 0.717) is 0 Å². The molecule has 3 atom stereocenters. The molecular formula is C18H28NO2P. The molecule has 1 aliphatic rings. The Labute approximate surface area is 134 Å². The van der Waals surface area contributed by atoms with Crippen molar-refractivity contribution in [1.82, 2.24) is 4.67 Å². The molecule has 22 heavy (non-hydrogen) atoms. The van der Waals surface area contributed by atoms with Crippen LogP contribution in [-0.4, -0.2) is 17.8 Å². The van der Waals surface area contributed by atoms with E-state index in [1.165, 1.54) is 19.3 Å². The van der Waals surface area contributed by atoms with Gasteiger partial charge >= 0.3 is 0 Å². The van der Waals surface area contributed by atoms with E-state index in [-0.39, 0.29) is 12.1 Å². The maximum absolute atomic E-state index is 13.0. The van der Waals surface area contributed by atoms with Gasteiger partial charge in [-0.1, -0.05) is 62.6 Å². The van der Waals surface area contributed by atoms with Gasteiger partial charge in [0.15, 0.2) is 0 Å². The van der Waals surface area contributed by atoms with Crippen molar-refractivity contribution in [2.24, 2.45) is 0 Å². The van der Waals surface area contributed by atoms with Gasteiger partial charge in [-0.25, -0.2) is 4.67 Å². The third-order valence-electron chi connectivity index (χ3n) is 4.38. The molecule has 0 N–H and O–H groups in total. The summed E-state index contributed by atoms with van der Waals surface area (Å²) in [6.45, 7) is 4.28. The van der Waals surface area contributed by atoms with Crippen molar-refractivity contribution in [3.8, 4) is 0 Å². The predicted octanol–water partition coefficient (Wildman–Crippen LogP) is 5.76. The Morgan fingerprint density at radius 2 is 1.95 bits per heavy atom. The molecule has 0 bridgehead atoms. The molecule has 1 aromatic rings. The number of allylic oxidation sites excluding steroid dienone is 1. The van der Waals surface area contributed by atoms with Gasteiger partial charge in [0.2, 0.25) is 0 Å². The molecule has 1 aliphatic heterocycles. The average Bonchev–Trinajstić information content (AvgIpc) is 2.77. The van der Waals surface area contributed by atoms with Gasteiger partial charge in [0.05, 0.1) is 0 Å². The normalized spacial score (nSPS) is 29.4. The molecule has 1 saturated heterocycles. The van der Waals surface area contributed by atoms with Gasteiger partial charge in [-0.2, -0.15) is 0 Å². The highest BCUT2D eigenvalue weighted by Crippen LogP contribution is 2.63. The van der Waals surface area contributed by atoms with Gasteiger partial charge in [-0.3, -0.25) is 4.57 Å². The van der Waals surface area contributed by atoms with Gasteiger partial charge < -0.3 is 4.52 Å². The van der Waals surface area contributed by atoms with Crippen molar-refractivity contribution in [2.75, 3.05) is 7.05 Å². The van der Waals surface area contributed by atoms with E-state index in [4.69, 9.17) is 4.52 Å². The van der Waals surface area contributed by atoms with Crippen LogP contribution in [0.3, 0.4) is 0 Å². The quantitative estimate of drug-likeness (QED) is 0.472. The molecule has 1 fully saturated rings. The molecule has 2 rings (SSSR count). The Kier molecular flexibility index (Phi) is 6.43. The zero-order chi connectivity index (χ0) is 16.0. The van der Waals surface area contributed by atoms with E-state index in [0.717, 1.165) is 18.4 Å². The predicted molar refractivity (Wildman–Crippen MR) is 93.0 cm³/mol. The third kappa shape index (κ3) is 4.10. The van der Waals surface area contributed by atoms with E-state index in [9.17, 15) is 4.57 Å². The number of likely N-dealkylation sites (N-methyl/N-ethyl adjacent to an activating group) is 1. The number of benzene rings is 1. The van der Waals surface area contributed by atoms with Crippen LogP contribution in [0.5, 0.6) is 0 Å². The van der Waals surface area contributed by atoms with Crippen LogP contribution < -0.4 is 0 Å². The Bertz CT molecular complexity index is 529. The van der Waals surface area contributed by atoms with Crippen LogP contribution in [0.4, 0.5) is 0 Å². The minimum atomic E-state index is -2.84. The minimum Gasteiger partial charge on any atom is -0.305 e. The SMILES string of the molecule is CCCCCC/C=C/[P@]1(=O)O[C@H](c2ccccc2)[C@H](C)N1C. The summed E-state index contributed by atoms with van der Waals surface area (Å²) in [7, 11) is -0.943. The lowest BCUT2D eigenvalue weighted by molar-refractivity contribution is 0.212. The summed E-state index contributed by atoms with van der Waals surface area (Å²) in [5, 5.41) is 0. The maximum Gasteiger partial charge on any atom is 0.295 e. The van der Waals surface area contributed by atoms with Gasteiger partial charge in [0, 0.05) is 11.9 Å². The molecule has 3 nitrogen and oxygen atoms in total. The van der Waals surface area contributed by atoms with Crippen LogP contribution in [-0.2, 0) is 9.09 Å². The molecule has 0 aliphatic carbocycles. The molecule has 0 aromatic heterocycles. The molecule has 0 unspecified atom stereocenters.